The third-order valence-corrected chi connectivity index (χ3v) is 10.8. The maximum atomic E-state index is 10.9. The molecule has 2 fully saturated rings. The van der Waals surface area contributed by atoms with Gasteiger partial charge in [0.1, 0.15) is 0 Å². The summed E-state index contributed by atoms with van der Waals surface area (Å²) in [6, 6.07) is 0. The van der Waals surface area contributed by atoms with E-state index in [1.54, 1.807) is 0 Å². The highest BCUT2D eigenvalue weighted by Gasteiger charge is 2.53. The molecule has 3 heteroatoms. The van der Waals surface area contributed by atoms with Crippen molar-refractivity contribution in [3.05, 3.63) is 11.6 Å². The van der Waals surface area contributed by atoms with Crippen LogP contribution in [0.5, 0.6) is 0 Å². The molecule has 0 aromatic heterocycles. The second kappa shape index (κ2) is 11.8. The molecule has 7 atom stereocenters. The molecule has 2 N–H and O–H groups in total. The number of rotatable bonds is 12. The van der Waals surface area contributed by atoms with E-state index < -0.39 is 11.2 Å². The maximum Gasteiger partial charge on any atom is 0.0657 e. The predicted molar refractivity (Wildman–Crippen MR) is 143 cm³/mol. The fraction of sp³-hybridized carbons (Fsp3) is 0.935. The fourth-order valence-electron chi connectivity index (χ4n) is 8.14. The summed E-state index contributed by atoms with van der Waals surface area (Å²) in [6.07, 6.45) is 18.3. The van der Waals surface area contributed by atoms with Gasteiger partial charge in [-0.2, -0.15) is 0 Å². The van der Waals surface area contributed by atoms with Crippen molar-refractivity contribution in [1.82, 2.24) is 0 Å². The van der Waals surface area contributed by atoms with Gasteiger partial charge in [0.15, 0.2) is 0 Å². The molecule has 2 saturated carbocycles. The molecule has 3 aliphatic rings. The van der Waals surface area contributed by atoms with Gasteiger partial charge in [0.05, 0.1) is 17.8 Å². The Bertz CT molecular complexity index is 664. The van der Waals surface area contributed by atoms with E-state index in [2.05, 4.69) is 33.8 Å². The van der Waals surface area contributed by atoms with Gasteiger partial charge in [-0.1, -0.05) is 52.2 Å². The van der Waals surface area contributed by atoms with Gasteiger partial charge < -0.3 is 14.9 Å². The number of hydrogen-bond acceptors (Lipinski definition) is 3. The average molecular weight is 477 g/mol. The molecule has 0 aromatic rings. The number of fused-ring (bicyclic) bond motifs is 1. The van der Waals surface area contributed by atoms with Gasteiger partial charge in [-0.15, -0.1) is 0 Å². The number of ether oxygens (including phenoxy) is 1. The Morgan fingerprint density at radius 3 is 2.56 bits per heavy atom. The Kier molecular flexibility index (Phi) is 9.77. The topological polar surface area (TPSA) is 49.7 Å². The van der Waals surface area contributed by atoms with Crippen LogP contribution < -0.4 is 0 Å². The Balaban J connectivity index is 1.74. The summed E-state index contributed by atoms with van der Waals surface area (Å²) in [4.78, 5) is 0. The average Bonchev–Trinajstić information content (AvgIpc) is 3.31. The predicted octanol–water partition coefficient (Wildman–Crippen LogP) is 7.69. The van der Waals surface area contributed by atoms with Gasteiger partial charge in [0.2, 0.25) is 0 Å². The van der Waals surface area contributed by atoms with Crippen molar-refractivity contribution in [1.29, 1.82) is 0 Å². The van der Waals surface area contributed by atoms with Crippen LogP contribution in [-0.4, -0.2) is 35.1 Å². The minimum absolute atomic E-state index is 0.136. The summed E-state index contributed by atoms with van der Waals surface area (Å²) in [6.45, 7) is 11.9. The first-order valence-corrected chi connectivity index (χ1v) is 14.8. The fourth-order valence-corrected chi connectivity index (χ4v) is 8.14. The largest absolute Gasteiger partial charge is 0.390 e. The smallest absolute Gasteiger partial charge is 0.0657 e. The number of allylic oxidation sites excluding steroid dienone is 1. The summed E-state index contributed by atoms with van der Waals surface area (Å²) in [5.41, 5.74) is 0.621. The Morgan fingerprint density at radius 1 is 1.18 bits per heavy atom. The van der Waals surface area contributed by atoms with E-state index in [1.807, 2.05) is 14.0 Å². The lowest BCUT2D eigenvalue weighted by Gasteiger charge is -2.55. The lowest BCUT2D eigenvalue weighted by atomic mass is 9.51. The standard InChI is InChI=1S/C31H56O3/c1-7-10-11-28-27(15-14-26-21-29(5,32)18-19-31(26,28)22-34-6)25-13-12-24(20-25)23(4)16-17-30(33,8-2)9-3/h14,23-25,27-28,32-33H,7-13,15-22H2,1-6H3/t23-,24+,25-,27+,28+,29+,31-/m1/s1. The molecule has 198 valence electrons. The van der Waals surface area contributed by atoms with Crippen LogP contribution in [0.2, 0.25) is 0 Å². The summed E-state index contributed by atoms with van der Waals surface area (Å²) in [5.74, 6) is 3.78. The monoisotopic (exact) mass is 476 g/mol. The van der Waals surface area contributed by atoms with Crippen LogP contribution in [-0.2, 0) is 4.74 Å². The van der Waals surface area contributed by atoms with Crippen molar-refractivity contribution in [3.8, 4) is 0 Å². The van der Waals surface area contributed by atoms with Gasteiger partial charge in [-0.3, -0.25) is 0 Å². The number of aliphatic hydroxyl groups is 2. The van der Waals surface area contributed by atoms with E-state index in [0.29, 0.717) is 11.8 Å². The zero-order valence-corrected chi connectivity index (χ0v) is 23.4. The molecule has 3 nitrogen and oxygen atoms in total. The molecule has 0 saturated heterocycles. The van der Waals surface area contributed by atoms with E-state index in [1.165, 1.54) is 50.5 Å². The highest BCUT2D eigenvalue weighted by atomic mass is 16.5. The minimum atomic E-state index is -0.558. The lowest BCUT2D eigenvalue weighted by Crippen LogP contribution is -2.50. The summed E-state index contributed by atoms with van der Waals surface area (Å²) >= 11 is 0. The van der Waals surface area contributed by atoms with Crippen LogP contribution in [0.3, 0.4) is 0 Å². The first-order chi connectivity index (χ1) is 16.1. The van der Waals surface area contributed by atoms with Crippen molar-refractivity contribution in [2.45, 2.75) is 136 Å². The van der Waals surface area contributed by atoms with Crippen LogP contribution in [0.4, 0.5) is 0 Å². The Labute approximate surface area is 211 Å². The molecular weight excluding hydrogens is 420 g/mol. The van der Waals surface area contributed by atoms with Crippen molar-refractivity contribution >= 4 is 0 Å². The highest BCUT2D eigenvalue weighted by Crippen LogP contribution is 2.59. The van der Waals surface area contributed by atoms with Crippen molar-refractivity contribution in [2.75, 3.05) is 13.7 Å². The van der Waals surface area contributed by atoms with Crippen LogP contribution in [0.1, 0.15) is 125 Å². The Morgan fingerprint density at radius 2 is 1.91 bits per heavy atom. The molecule has 0 spiro atoms. The second-order valence-corrected chi connectivity index (χ2v) is 12.9. The third kappa shape index (κ3) is 6.12. The lowest BCUT2D eigenvalue weighted by molar-refractivity contribution is -0.0595. The normalized spacial score (nSPS) is 37.4. The van der Waals surface area contributed by atoms with Crippen LogP contribution in [0.25, 0.3) is 0 Å². The first-order valence-electron chi connectivity index (χ1n) is 14.8. The van der Waals surface area contributed by atoms with E-state index in [-0.39, 0.29) is 5.41 Å². The zero-order chi connectivity index (χ0) is 25.0. The molecule has 3 aliphatic carbocycles. The highest BCUT2D eigenvalue weighted by molar-refractivity contribution is 5.26. The van der Waals surface area contributed by atoms with Crippen molar-refractivity contribution < 1.29 is 14.9 Å². The van der Waals surface area contributed by atoms with Gasteiger partial charge >= 0.3 is 0 Å². The zero-order valence-electron chi connectivity index (χ0n) is 23.4. The SMILES string of the molecule is CCCC[C@H]1[C@H]([C@@H]2CC[C@H]([C@H](C)CCC(O)(CC)CC)C2)CC=C2C[C@@](C)(O)CC[C@@]21COC. The first kappa shape index (κ1) is 28.2. The van der Waals surface area contributed by atoms with E-state index >= 15 is 0 Å². The second-order valence-electron chi connectivity index (χ2n) is 12.9. The van der Waals surface area contributed by atoms with Crippen LogP contribution >= 0.6 is 0 Å². The van der Waals surface area contributed by atoms with Gasteiger partial charge in [0.25, 0.3) is 0 Å². The molecule has 34 heavy (non-hydrogen) atoms. The van der Waals surface area contributed by atoms with Gasteiger partial charge in [-0.25, -0.2) is 0 Å². The van der Waals surface area contributed by atoms with Crippen molar-refractivity contribution in [3.63, 3.8) is 0 Å². The van der Waals surface area contributed by atoms with Gasteiger partial charge in [0, 0.05) is 12.5 Å². The maximum absolute atomic E-state index is 10.9. The van der Waals surface area contributed by atoms with Crippen LogP contribution in [0.15, 0.2) is 11.6 Å². The molecule has 0 heterocycles. The minimum Gasteiger partial charge on any atom is -0.390 e. The number of hydrogen-bond donors (Lipinski definition) is 2. The number of methoxy groups -OCH3 is 1. The van der Waals surface area contributed by atoms with E-state index in [0.717, 1.165) is 69.3 Å². The molecule has 0 aromatic carbocycles. The molecule has 0 radical (unpaired) electrons. The number of unbranched alkanes of at least 4 members (excludes halogenated alkanes) is 1. The van der Waals surface area contributed by atoms with Gasteiger partial charge in [-0.05, 0) is 114 Å². The third-order valence-electron chi connectivity index (χ3n) is 10.8. The van der Waals surface area contributed by atoms with Crippen molar-refractivity contribution in [2.24, 2.45) is 35.0 Å². The molecule has 0 unspecified atom stereocenters. The Hall–Kier alpha value is -0.380. The van der Waals surface area contributed by atoms with Crippen LogP contribution in [0, 0.1) is 35.0 Å². The molecule has 0 bridgehead atoms. The molecule has 3 rings (SSSR count). The quantitative estimate of drug-likeness (QED) is 0.284. The van der Waals surface area contributed by atoms with E-state index in [9.17, 15) is 10.2 Å². The molecule has 0 aliphatic heterocycles. The summed E-state index contributed by atoms with van der Waals surface area (Å²) in [7, 11) is 1.88. The molecular formula is C31H56O3. The van der Waals surface area contributed by atoms with E-state index in [4.69, 9.17) is 4.74 Å². The molecule has 0 amide bonds. The summed E-state index contributed by atoms with van der Waals surface area (Å²) < 4.78 is 5.93. The summed E-state index contributed by atoms with van der Waals surface area (Å²) in [5, 5.41) is 21.7.